The molecule has 0 radical (unpaired) electrons. The maximum atomic E-state index is 11.6. The molecule has 0 aliphatic heterocycles. The highest BCUT2D eigenvalue weighted by atomic mass is 16.6. The zero-order valence-corrected chi connectivity index (χ0v) is 12.5. The Balaban J connectivity index is 2.80. The second kappa shape index (κ2) is 8.03. The molecule has 1 amide bonds. The molecule has 0 saturated heterocycles. The van der Waals surface area contributed by atoms with Gasteiger partial charge in [0, 0.05) is 18.7 Å². The van der Waals surface area contributed by atoms with Crippen LogP contribution >= 0.6 is 0 Å². The van der Waals surface area contributed by atoms with Crippen molar-refractivity contribution in [3.63, 3.8) is 0 Å². The smallest absolute Gasteiger partial charge is 0.311 e. The Kier molecular flexibility index (Phi) is 6.38. The first kappa shape index (κ1) is 16.7. The Morgan fingerprint density at radius 3 is 2.67 bits per heavy atom. The van der Waals surface area contributed by atoms with E-state index < -0.39 is 4.92 Å². The molecule has 0 aliphatic carbocycles. The largest absolute Gasteiger partial charge is 0.370 e. The third-order valence-electron chi connectivity index (χ3n) is 2.49. The van der Waals surface area contributed by atoms with E-state index in [9.17, 15) is 14.9 Å². The molecule has 0 bridgehead atoms. The molecule has 116 valence electrons. The number of amides is 1. The molecule has 1 rings (SSSR count). The van der Waals surface area contributed by atoms with Gasteiger partial charge in [0.05, 0.1) is 11.5 Å². The van der Waals surface area contributed by atoms with Crippen LogP contribution in [-0.4, -0.2) is 34.9 Å². The first-order valence-corrected chi connectivity index (χ1v) is 6.86. The summed E-state index contributed by atoms with van der Waals surface area (Å²) in [6, 6.07) is 2.93. The quantitative estimate of drug-likeness (QED) is 0.498. The van der Waals surface area contributed by atoms with Crippen LogP contribution in [0.2, 0.25) is 0 Å². The molecular formula is C13H21N5O3. The summed E-state index contributed by atoms with van der Waals surface area (Å²) in [5.41, 5.74) is -0.158. The van der Waals surface area contributed by atoms with Gasteiger partial charge in [-0.2, -0.15) is 0 Å². The van der Waals surface area contributed by atoms with Crippen LogP contribution in [0.3, 0.4) is 0 Å². The lowest BCUT2D eigenvalue weighted by atomic mass is 10.3. The van der Waals surface area contributed by atoms with E-state index in [1.807, 2.05) is 20.8 Å². The van der Waals surface area contributed by atoms with Crippen LogP contribution in [0.25, 0.3) is 0 Å². The molecular weight excluding hydrogens is 274 g/mol. The summed E-state index contributed by atoms with van der Waals surface area (Å²) in [5, 5.41) is 19.4. The number of carbonyl (C=O) groups is 1. The summed E-state index contributed by atoms with van der Waals surface area (Å²) in [4.78, 5) is 26.2. The molecule has 0 aromatic carbocycles. The van der Waals surface area contributed by atoms with E-state index in [2.05, 4.69) is 20.9 Å². The maximum absolute atomic E-state index is 11.6. The predicted molar refractivity (Wildman–Crippen MR) is 81.4 cm³/mol. The minimum Gasteiger partial charge on any atom is -0.370 e. The summed E-state index contributed by atoms with van der Waals surface area (Å²) in [5.74, 6) is 0.377. The van der Waals surface area contributed by atoms with Crippen LogP contribution in [0.5, 0.6) is 0 Å². The van der Waals surface area contributed by atoms with Crippen molar-refractivity contribution in [2.45, 2.75) is 33.2 Å². The molecule has 8 nitrogen and oxygen atoms in total. The summed E-state index contributed by atoms with van der Waals surface area (Å²) in [6.45, 7) is 6.34. The van der Waals surface area contributed by atoms with E-state index in [1.165, 1.54) is 6.07 Å². The highest BCUT2D eigenvalue weighted by molar-refractivity contribution is 5.81. The minimum atomic E-state index is -0.528. The third-order valence-corrected chi connectivity index (χ3v) is 2.49. The van der Waals surface area contributed by atoms with E-state index in [-0.39, 0.29) is 30.0 Å². The Labute approximate surface area is 123 Å². The van der Waals surface area contributed by atoms with E-state index in [1.54, 1.807) is 6.07 Å². The Bertz CT molecular complexity index is 505. The van der Waals surface area contributed by atoms with E-state index >= 15 is 0 Å². The zero-order valence-electron chi connectivity index (χ0n) is 12.5. The van der Waals surface area contributed by atoms with Gasteiger partial charge >= 0.3 is 5.69 Å². The number of anilines is 2. The number of hydrogen-bond acceptors (Lipinski definition) is 6. The number of carbonyl (C=O) groups excluding carboxylic acids is 1. The molecule has 21 heavy (non-hydrogen) atoms. The van der Waals surface area contributed by atoms with Crippen LogP contribution < -0.4 is 16.0 Å². The number of pyridine rings is 1. The van der Waals surface area contributed by atoms with Gasteiger partial charge in [0.25, 0.3) is 0 Å². The average molecular weight is 295 g/mol. The first-order valence-electron chi connectivity index (χ1n) is 6.86. The van der Waals surface area contributed by atoms with E-state index in [0.717, 1.165) is 13.0 Å². The van der Waals surface area contributed by atoms with Crippen molar-refractivity contribution < 1.29 is 9.72 Å². The predicted octanol–water partition coefficient (Wildman–Crippen LogP) is 1.75. The van der Waals surface area contributed by atoms with Crippen LogP contribution in [0.4, 0.5) is 17.3 Å². The standard InChI is InChI=1S/C13H21N5O3/c1-4-7-14-11-6-5-10(18(20)21)13(17-11)15-8-12(19)16-9(2)3/h5-6,9H,4,7-8H2,1-3H3,(H,16,19)(H2,14,15,17). The fourth-order valence-electron chi connectivity index (χ4n) is 1.62. The van der Waals surface area contributed by atoms with Gasteiger partial charge in [-0.25, -0.2) is 4.98 Å². The Morgan fingerprint density at radius 2 is 2.10 bits per heavy atom. The molecule has 0 fully saturated rings. The van der Waals surface area contributed by atoms with Crippen molar-refractivity contribution in [3.05, 3.63) is 22.2 Å². The molecule has 0 unspecified atom stereocenters. The number of nitrogens with one attached hydrogen (secondary N) is 3. The van der Waals surface area contributed by atoms with Crippen LogP contribution in [0.15, 0.2) is 12.1 Å². The van der Waals surface area contributed by atoms with Crippen molar-refractivity contribution in [1.82, 2.24) is 10.3 Å². The molecule has 1 aromatic heterocycles. The monoisotopic (exact) mass is 295 g/mol. The van der Waals surface area contributed by atoms with Gasteiger partial charge in [-0.1, -0.05) is 6.92 Å². The lowest BCUT2D eigenvalue weighted by Crippen LogP contribution is -2.35. The summed E-state index contributed by atoms with van der Waals surface area (Å²) < 4.78 is 0. The van der Waals surface area contributed by atoms with Crippen LogP contribution in [0, 0.1) is 10.1 Å². The second-order valence-electron chi connectivity index (χ2n) is 4.82. The molecule has 0 aliphatic rings. The van der Waals surface area contributed by atoms with E-state index in [0.29, 0.717) is 5.82 Å². The minimum absolute atomic E-state index is 0.0137. The highest BCUT2D eigenvalue weighted by Crippen LogP contribution is 2.23. The van der Waals surface area contributed by atoms with Gasteiger partial charge in [0.1, 0.15) is 5.82 Å². The fourth-order valence-corrected chi connectivity index (χ4v) is 1.62. The highest BCUT2D eigenvalue weighted by Gasteiger charge is 2.16. The number of nitro groups is 1. The van der Waals surface area contributed by atoms with Crippen LogP contribution in [-0.2, 0) is 4.79 Å². The van der Waals surface area contributed by atoms with Crippen molar-refractivity contribution in [3.8, 4) is 0 Å². The van der Waals surface area contributed by atoms with Gasteiger partial charge in [-0.3, -0.25) is 14.9 Å². The maximum Gasteiger partial charge on any atom is 0.311 e. The van der Waals surface area contributed by atoms with Gasteiger partial charge in [-0.15, -0.1) is 0 Å². The molecule has 0 spiro atoms. The van der Waals surface area contributed by atoms with E-state index in [4.69, 9.17) is 0 Å². The molecule has 1 heterocycles. The van der Waals surface area contributed by atoms with Crippen molar-refractivity contribution in [1.29, 1.82) is 0 Å². The lowest BCUT2D eigenvalue weighted by Gasteiger charge is -2.11. The summed E-state index contributed by atoms with van der Waals surface area (Å²) >= 11 is 0. The van der Waals surface area contributed by atoms with Crippen molar-refractivity contribution in [2.75, 3.05) is 23.7 Å². The third kappa shape index (κ3) is 5.64. The molecule has 8 heteroatoms. The molecule has 0 atom stereocenters. The van der Waals surface area contributed by atoms with Crippen molar-refractivity contribution in [2.24, 2.45) is 0 Å². The lowest BCUT2D eigenvalue weighted by molar-refractivity contribution is -0.384. The Morgan fingerprint density at radius 1 is 1.38 bits per heavy atom. The SMILES string of the molecule is CCCNc1ccc([N+](=O)[O-])c(NCC(=O)NC(C)C)n1. The Hall–Kier alpha value is -2.38. The average Bonchev–Trinajstić information content (AvgIpc) is 2.42. The van der Waals surface area contributed by atoms with Gasteiger partial charge < -0.3 is 16.0 Å². The van der Waals surface area contributed by atoms with Crippen LogP contribution in [0.1, 0.15) is 27.2 Å². The molecule has 1 aromatic rings. The normalized spacial score (nSPS) is 10.3. The fraction of sp³-hybridized carbons (Fsp3) is 0.538. The topological polar surface area (TPSA) is 109 Å². The number of rotatable bonds is 8. The zero-order chi connectivity index (χ0) is 15.8. The summed E-state index contributed by atoms with van der Waals surface area (Å²) in [7, 11) is 0. The van der Waals surface area contributed by atoms with Gasteiger partial charge in [-0.05, 0) is 26.3 Å². The summed E-state index contributed by atoms with van der Waals surface area (Å²) in [6.07, 6.45) is 0.915. The molecule has 3 N–H and O–H groups in total. The van der Waals surface area contributed by atoms with Gasteiger partial charge in [0.2, 0.25) is 11.7 Å². The second-order valence-corrected chi connectivity index (χ2v) is 4.82. The number of aromatic nitrogens is 1. The number of nitrogens with zero attached hydrogens (tertiary/aromatic N) is 2. The first-order chi connectivity index (χ1) is 9.93. The number of hydrogen-bond donors (Lipinski definition) is 3. The van der Waals surface area contributed by atoms with Gasteiger partial charge in [0.15, 0.2) is 0 Å². The molecule has 0 saturated carbocycles. The van der Waals surface area contributed by atoms with Crippen molar-refractivity contribution >= 4 is 23.2 Å².